The molecule has 0 aliphatic heterocycles. The Morgan fingerprint density at radius 2 is 2.08 bits per heavy atom. The average molecular weight is 162 g/mol. The molecule has 1 aliphatic carbocycles. The number of aromatic nitrogens is 1. The molecular formula is C10H14N2. The molecule has 0 unspecified atom stereocenters. The van der Waals surface area contributed by atoms with Gasteiger partial charge in [0.1, 0.15) is 5.82 Å². The standard InChI is InChI=1S/C10H14N2/c1-6-5-9(11)12-7(2)10(6)8-3-4-8/h5,8H,3-4H2,1-2H3,(H2,11,12). The molecule has 64 valence electrons. The van der Waals surface area contributed by atoms with E-state index in [-0.39, 0.29) is 0 Å². The van der Waals surface area contributed by atoms with E-state index in [1.807, 2.05) is 6.07 Å². The summed E-state index contributed by atoms with van der Waals surface area (Å²) in [4.78, 5) is 4.27. The molecule has 2 nitrogen and oxygen atoms in total. The minimum atomic E-state index is 0.648. The van der Waals surface area contributed by atoms with Gasteiger partial charge in [0.25, 0.3) is 0 Å². The van der Waals surface area contributed by atoms with Gasteiger partial charge in [0, 0.05) is 5.69 Å². The lowest BCUT2D eigenvalue weighted by Gasteiger charge is -2.08. The third-order valence-corrected chi connectivity index (χ3v) is 2.46. The topological polar surface area (TPSA) is 38.9 Å². The van der Waals surface area contributed by atoms with Gasteiger partial charge in [-0.2, -0.15) is 0 Å². The van der Waals surface area contributed by atoms with Crippen LogP contribution in [0.15, 0.2) is 6.07 Å². The molecule has 0 radical (unpaired) electrons. The first-order valence-electron chi connectivity index (χ1n) is 4.42. The number of anilines is 1. The molecule has 0 spiro atoms. The second-order valence-corrected chi connectivity index (χ2v) is 3.64. The summed E-state index contributed by atoms with van der Waals surface area (Å²) >= 11 is 0. The van der Waals surface area contributed by atoms with Crippen LogP contribution in [0.4, 0.5) is 5.82 Å². The van der Waals surface area contributed by atoms with Crippen molar-refractivity contribution in [3.8, 4) is 0 Å². The van der Waals surface area contributed by atoms with Crippen molar-refractivity contribution in [2.24, 2.45) is 0 Å². The number of nitrogen functional groups attached to an aromatic ring is 1. The van der Waals surface area contributed by atoms with E-state index in [9.17, 15) is 0 Å². The van der Waals surface area contributed by atoms with E-state index in [2.05, 4.69) is 18.8 Å². The maximum Gasteiger partial charge on any atom is 0.123 e. The van der Waals surface area contributed by atoms with Gasteiger partial charge in [0.15, 0.2) is 0 Å². The lowest BCUT2D eigenvalue weighted by molar-refractivity contribution is 1.02. The molecule has 0 aromatic carbocycles. The number of nitrogens with two attached hydrogens (primary N) is 1. The smallest absolute Gasteiger partial charge is 0.123 e. The molecule has 1 aromatic heterocycles. The molecule has 1 heterocycles. The number of pyridine rings is 1. The van der Waals surface area contributed by atoms with Gasteiger partial charge in [-0.15, -0.1) is 0 Å². The van der Waals surface area contributed by atoms with Crippen LogP contribution in [0.3, 0.4) is 0 Å². The van der Waals surface area contributed by atoms with Gasteiger partial charge < -0.3 is 5.73 Å². The average Bonchev–Trinajstić information content (AvgIpc) is 2.68. The summed E-state index contributed by atoms with van der Waals surface area (Å²) in [6.07, 6.45) is 2.65. The fourth-order valence-electron chi connectivity index (χ4n) is 1.86. The molecule has 1 aliphatic rings. The van der Waals surface area contributed by atoms with Crippen LogP contribution in [0.2, 0.25) is 0 Å². The van der Waals surface area contributed by atoms with Crippen molar-refractivity contribution in [3.63, 3.8) is 0 Å². The van der Waals surface area contributed by atoms with E-state index in [1.165, 1.54) is 24.0 Å². The maximum absolute atomic E-state index is 5.64. The summed E-state index contributed by atoms with van der Waals surface area (Å²) in [6, 6.07) is 1.97. The van der Waals surface area contributed by atoms with Crippen molar-refractivity contribution in [2.75, 3.05) is 5.73 Å². The number of rotatable bonds is 1. The summed E-state index contributed by atoms with van der Waals surface area (Å²) in [7, 11) is 0. The molecule has 2 N–H and O–H groups in total. The first kappa shape index (κ1) is 7.59. The lowest BCUT2D eigenvalue weighted by Crippen LogP contribution is -1.99. The summed E-state index contributed by atoms with van der Waals surface area (Å²) in [5.41, 5.74) is 9.50. The zero-order valence-corrected chi connectivity index (χ0v) is 7.59. The molecule has 12 heavy (non-hydrogen) atoms. The fourth-order valence-corrected chi connectivity index (χ4v) is 1.86. The van der Waals surface area contributed by atoms with E-state index in [1.54, 1.807) is 0 Å². The van der Waals surface area contributed by atoms with E-state index in [4.69, 9.17) is 5.73 Å². The Kier molecular flexibility index (Phi) is 1.56. The summed E-state index contributed by atoms with van der Waals surface area (Å²) in [5.74, 6) is 1.42. The van der Waals surface area contributed by atoms with Gasteiger partial charge in [-0.3, -0.25) is 0 Å². The van der Waals surface area contributed by atoms with Gasteiger partial charge in [0.05, 0.1) is 0 Å². The number of nitrogens with zero attached hydrogens (tertiary/aromatic N) is 1. The SMILES string of the molecule is Cc1cc(N)nc(C)c1C1CC1. The molecule has 0 bridgehead atoms. The van der Waals surface area contributed by atoms with Gasteiger partial charge in [0.2, 0.25) is 0 Å². The van der Waals surface area contributed by atoms with Crippen LogP contribution in [0.25, 0.3) is 0 Å². The fraction of sp³-hybridized carbons (Fsp3) is 0.500. The molecule has 0 saturated heterocycles. The van der Waals surface area contributed by atoms with Gasteiger partial charge in [-0.25, -0.2) is 4.98 Å². The van der Waals surface area contributed by atoms with Crippen LogP contribution < -0.4 is 5.73 Å². The molecular weight excluding hydrogens is 148 g/mol. The number of hydrogen-bond donors (Lipinski definition) is 1. The van der Waals surface area contributed by atoms with Crippen molar-refractivity contribution < 1.29 is 0 Å². The predicted octanol–water partition coefficient (Wildman–Crippen LogP) is 2.16. The summed E-state index contributed by atoms with van der Waals surface area (Å²) in [5, 5.41) is 0. The maximum atomic E-state index is 5.64. The van der Waals surface area contributed by atoms with Crippen molar-refractivity contribution in [1.29, 1.82) is 0 Å². The minimum Gasteiger partial charge on any atom is -0.384 e. The number of hydrogen-bond acceptors (Lipinski definition) is 2. The Morgan fingerprint density at radius 1 is 1.42 bits per heavy atom. The van der Waals surface area contributed by atoms with Crippen molar-refractivity contribution in [1.82, 2.24) is 4.98 Å². The highest BCUT2D eigenvalue weighted by Crippen LogP contribution is 2.42. The second-order valence-electron chi connectivity index (χ2n) is 3.64. The monoisotopic (exact) mass is 162 g/mol. The van der Waals surface area contributed by atoms with Crippen molar-refractivity contribution in [3.05, 3.63) is 22.9 Å². The summed E-state index contributed by atoms with van der Waals surface area (Å²) < 4.78 is 0. The lowest BCUT2D eigenvalue weighted by atomic mass is 10.0. The van der Waals surface area contributed by atoms with Crippen LogP contribution >= 0.6 is 0 Å². The van der Waals surface area contributed by atoms with Gasteiger partial charge in [-0.05, 0) is 49.8 Å². The van der Waals surface area contributed by atoms with E-state index in [0.29, 0.717) is 5.82 Å². The van der Waals surface area contributed by atoms with Crippen LogP contribution in [-0.4, -0.2) is 4.98 Å². The first-order valence-corrected chi connectivity index (χ1v) is 4.42. The van der Waals surface area contributed by atoms with Crippen LogP contribution in [-0.2, 0) is 0 Å². The third-order valence-electron chi connectivity index (χ3n) is 2.46. The van der Waals surface area contributed by atoms with Crippen LogP contribution in [0, 0.1) is 13.8 Å². The van der Waals surface area contributed by atoms with Crippen LogP contribution in [0.1, 0.15) is 35.6 Å². The zero-order chi connectivity index (χ0) is 8.72. The highest BCUT2D eigenvalue weighted by molar-refractivity contribution is 5.43. The van der Waals surface area contributed by atoms with Gasteiger partial charge >= 0.3 is 0 Å². The second kappa shape index (κ2) is 2.47. The van der Waals surface area contributed by atoms with E-state index < -0.39 is 0 Å². The molecule has 0 atom stereocenters. The molecule has 1 fully saturated rings. The minimum absolute atomic E-state index is 0.648. The first-order chi connectivity index (χ1) is 5.68. The zero-order valence-electron chi connectivity index (χ0n) is 7.59. The van der Waals surface area contributed by atoms with Crippen molar-refractivity contribution in [2.45, 2.75) is 32.6 Å². The Morgan fingerprint density at radius 3 is 2.58 bits per heavy atom. The molecule has 2 heteroatoms. The largest absolute Gasteiger partial charge is 0.384 e. The molecule has 2 rings (SSSR count). The Hall–Kier alpha value is -1.05. The highest BCUT2D eigenvalue weighted by atomic mass is 14.8. The molecule has 1 aromatic rings. The Balaban J connectivity index is 2.51. The van der Waals surface area contributed by atoms with E-state index >= 15 is 0 Å². The van der Waals surface area contributed by atoms with Gasteiger partial charge in [-0.1, -0.05) is 0 Å². The van der Waals surface area contributed by atoms with Crippen molar-refractivity contribution >= 4 is 5.82 Å². The van der Waals surface area contributed by atoms with Crippen LogP contribution in [0.5, 0.6) is 0 Å². The number of aryl methyl sites for hydroxylation is 2. The summed E-state index contributed by atoms with van der Waals surface area (Å²) in [6.45, 7) is 4.18. The molecule has 1 saturated carbocycles. The predicted molar refractivity (Wildman–Crippen MR) is 50.1 cm³/mol. The molecule has 0 amide bonds. The Bertz CT molecular complexity index is 291. The van der Waals surface area contributed by atoms with E-state index in [0.717, 1.165) is 11.6 Å². The Labute approximate surface area is 72.8 Å². The normalized spacial score (nSPS) is 16.5. The highest BCUT2D eigenvalue weighted by Gasteiger charge is 2.27. The quantitative estimate of drug-likeness (QED) is 0.687. The third kappa shape index (κ3) is 1.17.